The third-order valence-electron chi connectivity index (χ3n) is 5.20. The van der Waals surface area contributed by atoms with Gasteiger partial charge in [-0.1, -0.05) is 26.0 Å². The number of H-pyrrole nitrogens is 1. The van der Waals surface area contributed by atoms with Crippen LogP contribution in [0.15, 0.2) is 47.5 Å². The Hall–Kier alpha value is -2.23. The largest absolute Gasteiger partial charge is 0.343 e. The van der Waals surface area contributed by atoms with Crippen molar-refractivity contribution in [2.24, 2.45) is 0 Å². The molecule has 0 spiro atoms. The summed E-state index contributed by atoms with van der Waals surface area (Å²) in [7, 11) is -6.93. The topological polar surface area (TPSA) is 109 Å². The first-order valence-electron chi connectivity index (χ1n) is 9.45. The molecule has 7 nitrogen and oxygen atoms in total. The maximum absolute atomic E-state index is 12.6. The van der Waals surface area contributed by atoms with E-state index in [2.05, 4.69) is 34.6 Å². The summed E-state index contributed by atoms with van der Waals surface area (Å²) in [5.74, 6) is 0.215. The molecule has 154 valence electrons. The molecule has 9 heteroatoms. The zero-order valence-corrected chi connectivity index (χ0v) is 17.8. The van der Waals surface area contributed by atoms with E-state index in [-0.39, 0.29) is 16.4 Å². The SMILES string of the molecule is CC(C)c1cc2c(-c3ccc(S(=O)(=O)NC4CCS(=O)(=O)C4)cc3)ccnc2[nH]1. The molecule has 3 aromatic rings. The maximum atomic E-state index is 12.6. The number of hydrogen-bond donors (Lipinski definition) is 2. The average Bonchev–Trinajstić information content (AvgIpc) is 3.24. The molecule has 0 radical (unpaired) electrons. The molecule has 0 amide bonds. The predicted octanol–water partition coefficient (Wildman–Crippen LogP) is 2.82. The van der Waals surface area contributed by atoms with Crippen LogP contribution in [0, 0.1) is 0 Å². The minimum Gasteiger partial charge on any atom is -0.343 e. The number of hydrogen-bond acceptors (Lipinski definition) is 5. The molecule has 0 aliphatic carbocycles. The number of fused-ring (bicyclic) bond motifs is 1. The van der Waals surface area contributed by atoms with E-state index in [1.165, 1.54) is 0 Å². The van der Waals surface area contributed by atoms with E-state index in [1.807, 2.05) is 6.07 Å². The first-order chi connectivity index (χ1) is 13.6. The summed E-state index contributed by atoms with van der Waals surface area (Å²) < 4.78 is 50.9. The third-order valence-corrected chi connectivity index (χ3v) is 8.51. The van der Waals surface area contributed by atoms with Gasteiger partial charge in [0.25, 0.3) is 0 Å². The first-order valence-corrected chi connectivity index (χ1v) is 12.8. The summed E-state index contributed by atoms with van der Waals surface area (Å²) in [6.45, 7) is 4.21. The molecule has 0 saturated carbocycles. The molecule has 1 atom stereocenters. The lowest BCUT2D eigenvalue weighted by molar-refractivity contribution is 0.562. The highest BCUT2D eigenvalue weighted by molar-refractivity contribution is 7.92. The van der Waals surface area contributed by atoms with Crippen LogP contribution in [0.3, 0.4) is 0 Å². The van der Waals surface area contributed by atoms with E-state index >= 15 is 0 Å². The number of sulfone groups is 1. The van der Waals surface area contributed by atoms with Crippen molar-refractivity contribution in [3.8, 4) is 11.1 Å². The highest BCUT2D eigenvalue weighted by Gasteiger charge is 2.31. The molecule has 1 aromatic carbocycles. The Morgan fingerprint density at radius 1 is 1.17 bits per heavy atom. The smallest absolute Gasteiger partial charge is 0.240 e. The van der Waals surface area contributed by atoms with Gasteiger partial charge in [0, 0.05) is 23.3 Å². The Morgan fingerprint density at radius 3 is 2.52 bits per heavy atom. The number of benzene rings is 1. The van der Waals surface area contributed by atoms with E-state index < -0.39 is 25.9 Å². The zero-order valence-electron chi connectivity index (χ0n) is 16.2. The van der Waals surface area contributed by atoms with Gasteiger partial charge in [-0.15, -0.1) is 0 Å². The first kappa shape index (κ1) is 20.1. The molecule has 2 N–H and O–H groups in total. The fraction of sp³-hybridized carbons (Fsp3) is 0.350. The predicted molar refractivity (Wildman–Crippen MR) is 113 cm³/mol. The molecule has 29 heavy (non-hydrogen) atoms. The van der Waals surface area contributed by atoms with Crippen molar-refractivity contribution < 1.29 is 16.8 Å². The number of pyridine rings is 1. The summed E-state index contributed by atoms with van der Waals surface area (Å²) in [4.78, 5) is 7.83. The van der Waals surface area contributed by atoms with E-state index in [0.717, 1.165) is 27.9 Å². The van der Waals surface area contributed by atoms with Crippen molar-refractivity contribution in [1.29, 1.82) is 0 Å². The second-order valence-electron chi connectivity index (χ2n) is 7.75. The molecule has 3 heterocycles. The number of rotatable bonds is 5. The molecule has 1 unspecified atom stereocenters. The van der Waals surface area contributed by atoms with Gasteiger partial charge in [-0.25, -0.2) is 26.5 Å². The quantitative estimate of drug-likeness (QED) is 0.643. The van der Waals surface area contributed by atoms with Crippen molar-refractivity contribution in [3.05, 3.63) is 48.3 Å². The lowest BCUT2D eigenvalue weighted by Gasteiger charge is -2.12. The van der Waals surface area contributed by atoms with Gasteiger partial charge in [-0.2, -0.15) is 0 Å². The summed E-state index contributed by atoms with van der Waals surface area (Å²) in [5, 5.41) is 0.987. The van der Waals surface area contributed by atoms with E-state index in [4.69, 9.17) is 0 Å². The average molecular weight is 434 g/mol. The second kappa shape index (κ2) is 7.23. The fourth-order valence-electron chi connectivity index (χ4n) is 3.60. The molecule has 2 aromatic heterocycles. The second-order valence-corrected chi connectivity index (χ2v) is 11.7. The molecule has 0 bridgehead atoms. The van der Waals surface area contributed by atoms with E-state index in [9.17, 15) is 16.8 Å². The summed E-state index contributed by atoms with van der Waals surface area (Å²) in [5.41, 5.74) is 3.74. The van der Waals surface area contributed by atoms with Crippen LogP contribution in [0.1, 0.15) is 31.9 Å². The van der Waals surface area contributed by atoms with Gasteiger partial charge in [0.15, 0.2) is 9.84 Å². The zero-order chi connectivity index (χ0) is 20.8. The summed E-state index contributed by atoms with van der Waals surface area (Å²) >= 11 is 0. The van der Waals surface area contributed by atoms with Gasteiger partial charge in [-0.05, 0) is 47.7 Å². The molecule has 4 rings (SSSR count). The number of aromatic amines is 1. The van der Waals surface area contributed by atoms with Gasteiger partial charge in [0.05, 0.1) is 16.4 Å². The van der Waals surface area contributed by atoms with E-state index in [1.54, 1.807) is 30.5 Å². The minimum absolute atomic E-state index is 0.0200. The maximum Gasteiger partial charge on any atom is 0.240 e. The van der Waals surface area contributed by atoms with Crippen LogP contribution in [0.2, 0.25) is 0 Å². The Morgan fingerprint density at radius 2 is 1.90 bits per heavy atom. The van der Waals surface area contributed by atoms with Crippen molar-refractivity contribution >= 4 is 30.9 Å². The van der Waals surface area contributed by atoms with Crippen molar-refractivity contribution in [2.45, 2.75) is 37.1 Å². The molecule has 1 aliphatic heterocycles. The van der Waals surface area contributed by atoms with Gasteiger partial charge >= 0.3 is 0 Å². The van der Waals surface area contributed by atoms with Crippen molar-refractivity contribution in [2.75, 3.05) is 11.5 Å². The van der Waals surface area contributed by atoms with Crippen LogP contribution >= 0.6 is 0 Å². The van der Waals surface area contributed by atoms with Gasteiger partial charge in [0.2, 0.25) is 10.0 Å². The number of nitrogens with one attached hydrogen (secondary N) is 2. The van der Waals surface area contributed by atoms with Crippen LogP contribution in [-0.2, 0) is 19.9 Å². The number of aromatic nitrogens is 2. The van der Waals surface area contributed by atoms with Crippen LogP contribution in [-0.4, -0.2) is 44.4 Å². The van der Waals surface area contributed by atoms with Crippen LogP contribution in [0.5, 0.6) is 0 Å². The molecular formula is C20H23N3O4S2. The Bertz CT molecular complexity index is 1260. The number of sulfonamides is 1. The van der Waals surface area contributed by atoms with Gasteiger partial charge < -0.3 is 4.98 Å². The molecular weight excluding hydrogens is 410 g/mol. The van der Waals surface area contributed by atoms with Crippen LogP contribution < -0.4 is 4.72 Å². The van der Waals surface area contributed by atoms with Crippen LogP contribution in [0.4, 0.5) is 0 Å². The highest BCUT2D eigenvalue weighted by atomic mass is 32.2. The Kier molecular flexibility index (Phi) is 5.00. The van der Waals surface area contributed by atoms with Crippen molar-refractivity contribution in [1.82, 2.24) is 14.7 Å². The summed E-state index contributed by atoms with van der Waals surface area (Å²) in [6, 6.07) is 10.0. The lowest BCUT2D eigenvalue weighted by Crippen LogP contribution is -2.35. The van der Waals surface area contributed by atoms with Crippen molar-refractivity contribution in [3.63, 3.8) is 0 Å². The fourth-order valence-corrected chi connectivity index (χ4v) is 6.65. The monoisotopic (exact) mass is 433 g/mol. The minimum atomic E-state index is -3.78. The van der Waals surface area contributed by atoms with E-state index in [0.29, 0.717) is 12.3 Å². The van der Waals surface area contributed by atoms with Gasteiger partial charge in [0.1, 0.15) is 5.65 Å². The molecule has 1 aliphatic rings. The Balaban J connectivity index is 1.62. The highest BCUT2D eigenvalue weighted by Crippen LogP contribution is 2.30. The van der Waals surface area contributed by atoms with Gasteiger partial charge in [-0.3, -0.25) is 0 Å². The normalized spacial score (nSPS) is 19.2. The standard InChI is InChI=1S/C20H23N3O4S2/c1-13(2)19-11-18-17(7-9-21-20(18)22-19)14-3-5-16(6-4-14)29(26,27)23-15-8-10-28(24,25)12-15/h3-7,9,11,13,15,23H,8,10,12H2,1-2H3,(H,21,22). The Labute approximate surface area is 170 Å². The molecule has 1 saturated heterocycles. The summed E-state index contributed by atoms with van der Waals surface area (Å²) in [6.07, 6.45) is 2.03. The number of nitrogens with zero attached hydrogens (tertiary/aromatic N) is 1. The third kappa shape index (κ3) is 4.08. The molecule has 1 fully saturated rings. The lowest BCUT2D eigenvalue weighted by atomic mass is 10.0. The van der Waals surface area contributed by atoms with Crippen LogP contribution in [0.25, 0.3) is 22.2 Å².